The van der Waals surface area contributed by atoms with Crippen LogP contribution >= 0.6 is 0 Å². The summed E-state index contributed by atoms with van der Waals surface area (Å²) in [6.07, 6.45) is 8.17. The Bertz CT molecular complexity index is 541. The molecule has 0 spiro atoms. The smallest absolute Gasteiger partial charge is 0.180 e. The van der Waals surface area contributed by atoms with Crippen LogP contribution in [-0.2, 0) is 0 Å². The summed E-state index contributed by atoms with van der Waals surface area (Å²) in [5, 5.41) is 6.75. The van der Waals surface area contributed by atoms with Gasteiger partial charge in [0.15, 0.2) is 11.5 Å². The van der Waals surface area contributed by atoms with Crippen molar-refractivity contribution >= 4 is 17.3 Å². The van der Waals surface area contributed by atoms with Gasteiger partial charge < -0.3 is 15.0 Å². The molecule has 0 unspecified atom stereocenters. The first kappa shape index (κ1) is 11.3. The molecule has 1 saturated carbocycles. The van der Waals surface area contributed by atoms with Crippen LogP contribution in [0.2, 0.25) is 0 Å². The molecule has 5 nitrogen and oxygen atoms in total. The predicted octanol–water partition coefficient (Wildman–Crippen LogP) is 2.37. The van der Waals surface area contributed by atoms with Gasteiger partial charge in [0.1, 0.15) is 5.82 Å². The third kappa shape index (κ3) is 2.00. The number of aromatic nitrogens is 3. The molecule has 0 radical (unpaired) electrons. The highest BCUT2D eigenvalue weighted by Gasteiger charge is 2.26. The standard InChI is InChI=1S/C13H19N5/c1-3-14-11-8-18-5-4-15-13(18)12(17-11)16-10-6-9(2)7-10/h4-5,8-10,14H,3,6-7H2,1-2H3,(H,16,17). The minimum atomic E-state index is 0.546. The number of fused-ring (bicyclic) bond motifs is 1. The number of hydrogen-bond acceptors (Lipinski definition) is 4. The Balaban J connectivity index is 1.90. The maximum atomic E-state index is 4.60. The van der Waals surface area contributed by atoms with Crippen LogP contribution in [0.4, 0.5) is 11.6 Å². The van der Waals surface area contributed by atoms with E-state index in [0.717, 1.165) is 29.7 Å². The Morgan fingerprint density at radius 3 is 3.00 bits per heavy atom. The second kappa shape index (κ2) is 4.48. The third-order valence-corrected chi connectivity index (χ3v) is 3.45. The molecule has 0 atom stereocenters. The van der Waals surface area contributed by atoms with Gasteiger partial charge in [-0.3, -0.25) is 0 Å². The minimum Gasteiger partial charge on any atom is -0.369 e. The van der Waals surface area contributed by atoms with Crippen molar-refractivity contribution in [2.24, 2.45) is 5.92 Å². The van der Waals surface area contributed by atoms with Gasteiger partial charge >= 0.3 is 0 Å². The highest BCUT2D eigenvalue weighted by Crippen LogP contribution is 2.30. The molecule has 2 aromatic heterocycles. The summed E-state index contributed by atoms with van der Waals surface area (Å²) in [7, 11) is 0. The van der Waals surface area contributed by atoms with Crippen molar-refractivity contribution in [3.8, 4) is 0 Å². The summed E-state index contributed by atoms with van der Waals surface area (Å²) in [4.78, 5) is 8.96. The second-order valence-electron chi connectivity index (χ2n) is 5.08. The lowest BCUT2D eigenvalue weighted by atomic mass is 9.82. The number of nitrogens with one attached hydrogen (secondary N) is 2. The molecule has 1 aliphatic rings. The molecule has 5 heteroatoms. The molecule has 1 fully saturated rings. The van der Waals surface area contributed by atoms with Gasteiger partial charge in [0.05, 0.1) is 6.20 Å². The first-order chi connectivity index (χ1) is 8.76. The molecular formula is C13H19N5. The number of anilines is 2. The van der Waals surface area contributed by atoms with Crippen molar-refractivity contribution in [2.45, 2.75) is 32.7 Å². The molecule has 0 aromatic carbocycles. The third-order valence-electron chi connectivity index (χ3n) is 3.45. The Hall–Kier alpha value is -1.78. The van der Waals surface area contributed by atoms with Crippen molar-refractivity contribution in [3.05, 3.63) is 18.6 Å². The molecule has 0 saturated heterocycles. The summed E-state index contributed by atoms with van der Waals surface area (Å²) in [5.41, 5.74) is 0.899. The van der Waals surface area contributed by atoms with E-state index in [4.69, 9.17) is 0 Å². The summed E-state index contributed by atoms with van der Waals surface area (Å²) in [6.45, 7) is 5.22. The average molecular weight is 245 g/mol. The zero-order chi connectivity index (χ0) is 12.5. The van der Waals surface area contributed by atoms with Gasteiger partial charge in [0.25, 0.3) is 0 Å². The van der Waals surface area contributed by atoms with Crippen molar-refractivity contribution in [1.82, 2.24) is 14.4 Å². The van der Waals surface area contributed by atoms with Crippen LogP contribution in [0.5, 0.6) is 0 Å². The summed E-state index contributed by atoms with van der Waals surface area (Å²) in [5.74, 6) is 2.60. The number of imidazole rings is 1. The van der Waals surface area contributed by atoms with Gasteiger partial charge in [-0.1, -0.05) is 6.92 Å². The Kier molecular flexibility index (Phi) is 2.81. The summed E-state index contributed by atoms with van der Waals surface area (Å²) >= 11 is 0. The van der Waals surface area contributed by atoms with E-state index in [-0.39, 0.29) is 0 Å². The molecular weight excluding hydrogens is 226 g/mol. The molecule has 1 aliphatic carbocycles. The van der Waals surface area contributed by atoms with E-state index in [9.17, 15) is 0 Å². The Labute approximate surface area is 107 Å². The SMILES string of the molecule is CCNc1cn2ccnc2c(NC2CC(C)C2)n1. The lowest BCUT2D eigenvalue weighted by Crippen LogP contribution is -2.34. The van der Waals surface area contributed by atoms with Crippen LogP contribution in [0.15, 0.2) is 18.6 Å². The molecule has 0 bridgehead atoms. The van der Waals surface area contributed by atoms with E-state index in [2.05, 4.69) is 34.4 Å². The molecule has 2 heterocycles. The van der Waals surface area contributed by atoms with Gasteiger partial charge in [-0.25, -0.2) is 9.97 Å². The van der Waals surface area contributed by atoms with E-state index in [1.807, 2.05) is 16.8 Å². The first-order valence-electron chi connectivity index (χ1n) is 6.60. The number of hydrogen-bond donors (Lipinski definition) is 2. The van der Waals surface area contributed by atoms with Gasteiger partial charge in [0.2, 0.25) is 0 Å². The Morgan fingerprint density at radius 1 is 1.44 bits per heavy atom. The van der Waals surface area contributed by atoms with Crippen LogP contribution in [0.1, 0.15) is 26.7 Å². The van der Waals surface area contributed by atoms with Crippen LogP contribution in [0.25, 0.3) is 5.65 Å². The molecule has 18 heavy (non-hydrogen) atoms. The van der Waals surface area contributed by atoms with E-state index >= 15 is 0 Å². The van der Waals surface area contributed by atoms with Crippen molar-refractivity contribution < 1.29 is 0 Å². The van der Waals surface area contributed by atoms with E-state index in [1.165, 1.54) is 12.8 Å². The molecule has 0 aliphatic heterocycles. The largest absolute Gasteiger partial charge is 0.369 e. The minimum absolute atomic E-state index is 0.546. The van der Waals surface area contributed by atoms with Crippen LogP contribution in [0.3, 0.4) is 0 Å². The zero-order valence-electron chi connectivity index (χ0n) is 10.8. The van der Waals surface area contributed by atoms with E-state index in [0.29, 0.717) is 6.04 Å². The fourth-order valence-electron chi connectivity index (χ4n) is 2.51. The van der Waals surface area contributed by atoms with Crippen molar-refractivity contribution in [2.75, 3.05) is 17.2 Å². The van der Waals surface area contributed by atoms with Crippen LogP contribution in [0, 0.1) is 5.92 Å². The number of rotatable bonds is 4. The van der Waals surface area contributed by atoms with Crippen molar-refractivity contribution in [1.29, 1.82) is 0 Å². The lowest BCUT2D eigenvalue weighted by Gasteiger charge is -2.33. The predicted molar refractivity (Wildman–Crippen MR) is 73.0 cm³/mol. The van der Waals surface area contributed by atoms with Gasteiger partial charge in [-0.15, -0.1) is 0 Å². The van der Waals surface area contributed by atoms with Crippen molar-refractivity contribution in [3.63, 3.8) is 0 Å². The maximum Gasteiger partial charge on any atom is 0.180 e. The topological polar surface area (TPSA) is 54.2 Å². The average Bonchev–Trinajstić information content (AvgIpc) is 2.75. The normalized spacial score (nSPS) is 22.8. The van der Waals surface area contributed by atoms with Gasteiger partial charge in [-0.05, 0) is 25.7 Å². The van der Waals surface area contributed by atoms with Crippen LogP contribution < -0.4 is 10.6 Å². The first-order valence-corrected chi connectivity index (χ1v) is 6.60. The second-order valence-corrected chi connectivity index (χ2v) is 5.08. The molecule has 2 N–H and O–H groups in total. The monoisotopic (exact) mass is 245 g/mol. The fourth-order valence-corrected chi connectivity index (χ4v) is 2.51. The zero-order valence-corrected chi connectivity index (χ0v) is 10.8. The fraction of sp³-hybridized carbons (Fsp3) is 0.538. The van der Waals surface area contributed by atoms with E-state index in [1.54, 1.807) is 6.20 Å². The molecule has 3 rings (SSSR count). The van der Waals surface area contributed by atoms with Crippen LogP contribution in [-0.4, -0.2) is 27.0 Å². The highest BCUT2D eigenvalue weighted by molar-refractivity contribution is 5.65. The van der Waals surface area contributed by atoms with Gasteiger partial charge in [-0.2, -0.15) is 0 Å². The molecule has 96 valence electrons. The molecule has 2 aromatic rings. The maximum absolute atomic E-state index is 4.60. The summed E-state index contributed by atoms with van der Waals surface area (Å²) in [6, 6.07) is 0.546. The Morgan fingerprint density at radius 2 is 2.28 bits per heavy atom. The summed E-state index contributed by atoms with van der Waals surface area (Å²) < 4.78 is 2.01. The highest BCUT2D eigenvalue weighted by atomic mass is 15.2. The quantitative estimate of drug-likeness (QED) is 0.868. The van der Waals surface area contributed by atoms with E-state index < -0.39 is 0 Å². The lowest BCUT2D eigenvalue weighted by molar-refractivity contribution is 0.308. The molecule has 0 amide bonds. The van der Waals surface area contributed by atoms with Gasteiger partial charge in [0, 0.05) is 25.0 Å². The number of nitrogens with zero attached hydrogens (tertiary/aromatic N) is 3.